The second kappa shape index (κ2) is 8.81. The third-order valence-electron chi connectivity index (χ3n) is 4.20. The monoisotopic (exact) mass is 389 g/mol. The number of sulfone groups is 1. The Morgan fingerprint density at radius 3 is 2.11 bits per heavy atom. The lowest BCUT2D eigenvalue weighted by atomic mass is 10.1. The van der Waals surface area contributed by atoms with Gasteiger partial charge in [-0.05, 0) is 43.7 Å². The molecule has 0 aliphatic carbocycles. The number of rotatable bonds is 8. The lowest BCUT2D eigenvalue weighted by Crippen LogP contribution is -2.32. The van der Waals surface area contributed by atoms with Crippen LogP contribution in [0, 0.1) is 6.92 Å². The number of carbonyl (C=O) groups excluding carboxylic acids is 1. The molecule has 6 nitrogen and oxygen atoms in total. The zero-order valence-corrected chi connectivity index (χ0v) is 16.2. The number of hydrogen-bond acceptors (Lipinski definition) is 4. The quantitative estimate of drug-likeness (QED) is 0.749. The third-order valence-corrected chi connectivity index (χ3v) is 5.91. The summed E-state index contributed by atoms with van der Waals surface area (Å²) in [5.41, 5.74) is 1.97. The first-order valence-electron chi connectivity index (χ1n) is 8.62. The van der Waals surface area contributed by atoms with Gasteiger partial charge in [0.2, 0.25) is 0 Å². The lowest BCUT2D eigenvalue weighted by molar-refractivity contribution is -0.137. The van der Waals surface area contributed by atoms with Gasteiger partial charge in [0, 0.05) is 18.7 Å². The highest BCUT2D eigenvalue weighted by Crippen LogP contribution is 2.18. The molecule has 2 aromatic rings. The molecular formula is C20H23NO5S. The molecule has 0 bridgehead atoms. The van der Waals surface area contributed by atoms with Crippen LogP contribution in [0.5, 0.6) is 0 Å². The fourth-order valence-corrected chi connectivity index (χ4v) is 3.96. The summed E-state index contributed by atoms with van der Waals surface area (Å²) in [7, 11) is -3.46. The molecule has 0 saturated heterocycles. The van der Waals surface area contributed by atoms with Crippen molar-refractivity contribution in [3.63, 3.8) is 0 Å². The second-order valence-corrected chi connectivity index (χ2v) is 8.29. The maximum Gasteiger partial charge on any atom is 0.305 e. The molecule has 0 fully saturated rings. The average molecular weight is 389 g/mol. The summed E-state index contributed by atoms with van der Waals surface area (Å²) in [6, 6.07) is 13.1. The lowest BCUT2D eigenvalue weighted by Gasteiger charge is -2.20. The Bertz CT molecular complexity index is 902. The van der Waals surface area contributed by atoms with Crippen molar-refractivity contribution in [2.75, 3.05) is 13.1 Å². The summed E-state index contributed by atoms with van der Waals surface area (Å²) in [5.74, 6) is -1.38. The Balaban J connectivity index is 2.11. The third kappa shape index (κ3) is 5.65. The highest BCUT2D eigenvalue weighted by Gasteiger charge is 2.17. The van der Waals surface area contributed by atoms with Gasteiger partial charge in [-0.3, -0.25) is 9.59 Å². The first-order valence-corrected chi connectivity index (χ1v) is 10.3. The Morgan fingerprint density at radius 2 is 1.59 bits per heavy atom. The van der Waals surface area contributed by atoms with E-state index in [1.807, 2.05) is 6.92 Å². The van der Waals surface area contributed by atoms with Crippen LogP contribution in [0.2, 0.25) is 0 Å². The van der Waals surface area contributed by atoms with Crippen molar-refractivity contribution >= 4 is 21.7 Å². The molecule has 0 unspecified atom stereocenters. The van der Waals surface area contributed by atoms with Crippen molar-refractivity contribution in [3.8, 4) is 0 Å². The summed E-state index contributed by atoms with van der Waals surface area (Å²) in [6.07, 6.45) is -0.119. The van der Waals surface area contributed by atoms with Crippen LogP contribution >= 0.6 is 0 Å². The van der Waals surface area contributed by atoms with E-state index < -0.39 is 15.8 Å². The Morgan fingerprint density at radius 1 is 1.00 bits per heavy atom. The van der Waals surface area contributed by atoms with Crippen molar-refractivity contribution in [1.82, 2.24) is 4.90 Å². The molecular weight excluding hydrogens is 366 g/mol. The average Bonchev–Trinajstić information content (AvgIpc) is 2.62. The number of amides is 1. The highest BCUT2D eigenvalue weighted by molar-refractivity contribution is 7.90. The van der Waals surface area contributed by atoms with Crippen LogP contribution in [0.1, 0.15) is 34.8 Å². The molecule has 0 saturated carbocycles. The fourth-order valence-electron chi connectivity index (χ4n) is 2.61. The molecule has 0 aromatic heterocycles. The van der Waals surface area contributed by atoms with Gasteiger partial charge in [0.15, 0.2) is 9.84 Å². The zero-order chi connectivity index (χ0) is 20.0. The molecule has 0 atom stereocenters. The number of aliphatic carboxylic acids is 1. The minimum Gasteiger partial charge on any atom is -0.481 e. The first kappa shape index (κ1) is 20.6. The molecule has 2 rings (SSSR count). The van der Waals surface area contributed by atoms with Crippen molar-refractivity contribution in [3.05, 3.63) is 65.2 Å². The molecule has 2 aromatic carbocycles. The van der Waals surface area contributed by atoms with Crippen LogP contribution in [0.3, 0.4) is 0 Å². The van der Waals surface area contributed by atoms with Crippen molar-refractivity contribution < 1.29 is 23.1 Å². The van der Waals surface area contributed by atoms with E-state index in [1.54, 1.807) is 55.5 Å². The normalized spacial score (nSPS) is 11.2. The number of carboxylic acid groups (broad SMARTS) is 1. The van der Waals surface area contributed by atoms with Gasteiger partial charge in [0.1, 0.15) is 0 Å². The molecule has 0 aliphatic rings. The van der Waals surface area contributed by atoms with E-state index in [4.69, 9.17) is 5.11 Å². The van der Waals surface area contributed by atoms with E-state index in [0.29, 0.717) is 17.7 Å². The van der Waals surface area contributed by atoms with Gasteiger partial charge in [-0.15, -0.1) is 0 Å². The number of hydrogen-bond donors (Lipinski definition) is 1. The fraction of sp³-hybridized carbons (Fsp3) is 0.300. The number of carboxylic acids is 1. The molecule has 1 amide bonds. The Labute approximate surface area is 159 Å². The highest BCUT2D eigenvalue weighted by atomic mass is 32.2. The Kier molecular flexibility index (Phi) is 6.74. The molecule has 1 N–H and O–H groups in total. The van der Waals surface area contributed by atoms with Crippen LogP contribution in [-0.4, -0.2) is 43.4 Å². The topological polar surface area (TPSA) is 91.8 Å². The minimum absolute atomic E-state index is 0.119. The predicted octanol–water partition coefficient (Wildman–Crippen LogP) is 2.91. The molecule has 27 heavy (non-hydrogen) atoms. The minimum atomic E-state index is -3.46. The van der Waals surface area contributed by atoms with Gasteiger partial charge in [0.25, 0.3) is 5.91 Å². The molecule has 144 valence electrons. The smallest absolute Gasteiger partial charge is 0.305 e. The number of aryl methyl sites for hydroxylation is 1. The van der Waals surface area contributed by atoms with Gasteiger partial charge in [0.05, 0.1) is 17.1 Å². The van der Waals surface area contributed by atoms with E-state index in [2.05, 4.69) is 0 Å². The molecule has 0 heterocycles. The van der Waals surface area contributed by atoms with Gasteiger partial charge in [-0.2, -0.15) is 0 Å². The zero-order valence-electron chi connectivity index (χ0n) is 15.4. The van der Waals surface area contributed by atoms with Crippen LogP contribution in [0.25, 0.3) is 0 Å². The molecule has 0 radical (unpaired) electrons. The van der Waals surface area contributed by atoms with Crippen LogP contribution in [0.15, 0.2) is 53.4 Å². The van der Waals surface area contributed by atoms with E-state index in [0.717, 1.165) is 5.56 Å². The van der Waals surface area contributed by atoms with Crippen molar-refractivity contribution in [2.24, 2.45) is 0 Å². The van der Waals surface area contributed by atoms with E-state index in [-0.39, 0.29) is 29.5 Å². The largest absolute Gasteiger partial charge is 0.481 e. The summed E-state index contributed by atoms with van der Waals surface area (Å²) >= 11 is 0. The van der Waals surface area contributed by atoms with Crippen LogP contribution < -0.4 is 0 Å². The van der Waals surface area contributed by atoms with Gasteiger partial charge < -0.3 is 10.0 Å². The van der Waals surface area contributed by atoms with Gasteiger partial charge in [-0.25, -0.2) is 8.42 Å². The van der Waals surface area contributed by atoms with Crippen molar-refractivity contribution in [2.45, 2.75) is 30.9 Å². The van der Waals surface area contributed by atoms with Crippen LogP contribution in [0.4, 0.5) is 0 Å². The maximum absolute atomic E-state index is 12.5. The van der Waals surface area contributed by atoms with Crippen molar-refractivity contribution in [1.29, 1.82) is 0 Å². The maximum atomic E-state index is 12.5. The first-order chi connectivity index (χ1) is 12.7. The summed E-state index contributed by atoms with van der Waals surface area (Å²) < 4.78 is 25.0. The molecule has 7 heteroatoms. The predicted molar refractivity (Wildman–Crippen MR) is 102 cm³/mol. The van der Waals surface area contributed by atoms with E-state index in [1.165, 1.54) is 4.90 Å². The summed E-state index contributed by atoms with van der Waals surface area (Å²) in [6.45, 7) is 4.20. The summed E-state index contributed by atoms with van der Waals surface area (Å²) in [5, 5.41) is 8.77. The molecule has 0 spiro atoms. The number of benzene rings is 2. The summed E-state index contributed by atoms with van der Waals surface area (Å²) in [4.78, 5) is 24.9. The number of carbonyl (C=O) groups is 2. The Hall–Kier alpha value is -2.67. The van der Waals surface area contributed by atoms with E-state index in [9.17, 15) is 18.0 Å². The standard InChI is InChI=1S/C20H23NO5S/c1-3-21(13-12-19(22)23)20(24)17-8-6-16(7-9-17)14-27(25,26)18-10-4-15(2)5-11-18/h4-11H,3,12-14H2,1-2H3,(H,22,23). The molecule has 0 aliphatic heterocycles. The van der Waals surface area contributed by atoms with E-state index >= 15 is 0 Å². The number of nitrogens with zero attached hydrogens (tertiary/aromatic N) is 1. The van der Waals surface area contributed by atoms with Crippen LogP contribution in [-0.2, 0) is 20.4 Å². The van der Waals surface area contributed by atoms with Gasteiger partial charge >= 0.3 is 5.97 Å². The second-order valence-electron chi connectivity index (χ2n) is 6.30. The SMILES string of the molecule is CCN(CCC(=O)O)C(=O)c1ccc(CS(=O)(=O)c2ccc(C)cc2)cc1. The van der Waals surface area contributed by atoms with Gasteiger partial charge in [-0.1, -0.05) is 29.8 Å².